The number of aliphatic imine (C=N–C) groups is 1. The van der Waals surface area contributed by atoms with Gasteiger partial charge in [0.2, 0.25) is 0 Å². The number of anilines is 1. The van der Waals surface area contributed by atoms with E-state index < -0.39 is 0 Å². The Hall–Kier alpha value is -3.87. The minimum absolute atomic E-state index is 0. The Morgan fingerprint density at radius 1 is 1.20 bits per heavy atom. The summed E-state index contributed by atoms with van der Waals surface area (Å²) in [5.41, 5.74) is 3.05. The summed E-state index contributed by atoms with van der Waals surface area (Å²) in [5.74, 6) is 1.44. The molecule has 0 atom stereocenters. The number of rotatable bonds is 8. The van der Waals surface area contributed by atoms with Crippen molar-refractivity contribution in [3.63, 3.8) is 0 Å². The van der Waals surface area contributed by atoms with Crippen LogP contribution in [0.1, 0.15) is 12.6 Å². The molecule has 0 spiro atoms. The maximum Gasteiger partial charge on any atom is 0.258 e. The molecule has 0 radical (unpaired) electrons. The molecule has 7 nitrogen and oxygen atoms in total. The number of nitrogens with one attached hydrogen (secondary N) is 3. The van der Waals surface area contributed by atoms with Gasteiger partial charge in [0.1, 0.15) is 18.2 Å². The highest BCUT2D eigenvalue weighted by Gasteiger charge is 2.09. The van der Waals surface area contributed by atoms with Crippen molar-refractivity contribution < 1.29 is 6.16 Å². The van der Waals surface area contributed by atoms with Crippen molar-refractivity contribution in [3.05, 3.63) is 88.3 Å². The van der Waals surface area contributed by atoms with E-state index in [2.05, 4.69) is 15.6 Å². The van der Waals surface area contributed by atoms with Crippen LogP contribution in [0.2, 0.25) is 0 Å². The second-order valence-corrected chi connectivity index (χ2v) is 6.87. The number of hydrogen-bond acceptors (Lipinski definition) is 6. The zero-order valence-corrected chi connectivity index (χ0v) is 16.5. The molecular weight excluding hydrogens is 378 g/mol. The summed E-state index contributed by atoms with van der Waals surface area (Å²) in [4.78, 5) is 17.0. The number of pyridine rings is 1. The molecule has 3 aromatic rings. The molecule has 2 heterocycles. The quantitative estimate of drug-likeness (QED) is 0.504. The van der Waals surface area contributed by atoms with Crippen LogP contribution in [0.15, 0.2) is 76.6 Å². The van der Waals surface area contributed by atoms with Crippen LogP contribution in [0.25, 0.3) is 5.69 Å². The van der Waals surface area contributed by atoms with E-state index in [1.807, 2.05) is 48.5 Å². The second-order valence-electron chi connectivity index (χ2n) is 6.87. The van der Waals surface area contributed by atoms with Crippen LogP contribution in [0.4, 0.5) is 5.69 Å². The average Bonchev–Trinajstić information content (AvgIpc) is 3.31. The Labute approximate surface area is 176 Å². The van der Waals surface area contributed by atoms with Crippen LogP contribution in [0.5, 0.6) is 5.75 Å². The second kappa shape index (κ2) is 9.09. The molecule has 0 saturated heterocycles. The van der Waals surface area contributed by atoms with Crippen molar-refractivity contribution in [1.82, 2.24) is 9.88 Å². The average molecular weight is 403 g/mol. The van der Waals surface area contributed by atoms with Gasteiger partial charge in [-0.15, -0.1) is 0 Å². The topological polar surface area (TPSA) is 91.5 Å². The lowest BCUT2D eigenvalue weighted by atomic mass is 10.1. The molecule has 0 unspecified atom stereocenters. The lowest BCUT2D eigenvalue weighted by Gasteiger charge is -2.13. The summed E-state index contributed by atoms with van der Waals surface area (Å²) in [6.45, 7) is 2.64. The fraction of sp³-hybridized carbons (Fsp3) is 0.174. The lowest BCUT2D eigenvalue weighted by Crippen LogP contribution is -2.26. The van der Waals surface area contributed by atoms with Crippen molar-refractivity contribution in [2.75, 3.05) is 25.0 Å². The van der Waals surface area contributed by atoms with E-state index in [1.165, 1.54) is 16.8 Å². The van der Waals surface area contributed by atoms with Gasteiger partial charge < -0.3 is 20.8 Å². The van der Waals surface area contributed by atoms with Crippen molar-refractivity contribution >= 4 is 17.7 Å². The van der Waals surface area contributed by atoms with Crippen molar-refractivity contribution in [2.24, 2.45) is 4.99 Å². The number of benzene rings is 2. The molecule has 30 heavy (non-hydrogen) atoms. The molecule has 0 aliphatic carbocycles. The predicted molar refractivity (Wildman–Crippen MR) is 122 cm³/mol. The SMILES string of the molecule is N=Cc1cc(-n2ccc(OCc3ccccc3)cc2=O)ccc1NCC1=NCCN1.[HH]. The Morgan fingerprint density at radius 3 is 2.80 bits per heavy atom. The van der Waals surface area contributed by atoms with Crippen LogP contribution in [0, 0.1) is 5.41 Å². The number of hydrogen-bond donors (Lipinski definition) is 3. The molecule has 0 saturated carbocycles. The molecule has 1 aromatic heterocycles. The Morgan fingerprint density at radius 2 is 2.07 bits per heavy atom. The largest absolute Gasteiger partial charge is 0.489 e. The molecule has 4 rings (SSSR count). The van der Waals surface area contributed by atoms with Gasteiger partial charge in [-0.3, -0.25) is 14.4 Å². The van der Waals surface area contributed by atoms with E-state index in [-0.39, 0.29) is 6.99 Å². The Balaban J connectivity index is 0.00000272. The summed E-state index contributed by atoms with van der Waals surface area (Å²) < 4.78 is 7.27. The Bertz CT molecular complexity index is 1130. The molecule has 1 aliphatic heterocycles. The normalized spacial score (nSPS) is 12.7. The standard InChI is InChI=1S/C23H23N5O2.H2/c24-14-18-12-19(6-7-21(18)27-15-22-25-9-10-26-22)28-11-8-20(13-23(28)29)30-16-17-4-2-1-3-5-17;/h1-8,11-14,24,27H,9-10,15-16H2,(H,25,26);1H. The molecule has 0 bridgehead atoms. The summed E-state index contributed by atoms with van der Waals surface area (Å²) >= 11 is 0. The van der Waals surface area contributed by atoms with Gasteiger partial charge in [0.15, 0.2) is 0 Å². The summed E-state index contributed by atoms with van der Waals surface area (Å²) in [7, 11) is 0. The van der Waals surface area contributed by atoms with Gasteiger partial charge in [-0.25, -0.2) is 0 Å². The predicted octanol–water partition coefficient (Wildman–Crippen LogP) is 3.07. The van der Waals surface area contributed by atoms with Crippen LogP contribution < -0.4 is 20.9 Å². The van der Waals surface area contributed by atoms with E-state index in [0.717, 1.165) is 30.2 Å². The molecule has 2 aromatic carbocycles. The zero-order valence-electron chi connectivity index (χ0n) is 16.5. The minimum atomic E-state index is -0.193. The molecule has 154 valence electrons. The molecule has 0 fully saturated rings. The highest BCUT2D eigenvalue weighted by molar-refractivity contribution is 5.91. The van der Waals surface area contributed by atoms with Crippen LogP contribution in [-0.4, -0.2) is 36.3 Å². The smallest absolute Gasteiger partial charge is 0.258 e. The van der Waals surface area contributed by atoms with Crippen LogP contribution >= 0.6 is 0 Å². The summed E-state index contributed by atoms with van der Waals surface area (Å²) in [5, 5.41) is 14.2. The minimum Gasteiger partial charge on any atom is -0.489 e. The van der Waals surface area contributed by atoms with Gasteiger partial charge in [-0.1, -0.05) is 30.3 Å². The highest BCUT2D eigenvalue weighted by atomic mass is 16.5. The first-order chi connectivity index (χ1) is 14.7. The third-order valence-electron chi connectivity index (χ3n) is 4.80. The molecule has 7 heteroatoms. The van der Waals surface area contributed by atoms with Crippen LogP contribution in [-0.2, 0) is 6.61 Å². The fourth-order valence-corrected chi connectivity index (χ4v) is 3.23. The van der Waals surface area contributed by atoms with Crippen LogP contribution in [0.3, 0.4) is 0 Å². The number of amidine groups is 1. The first-order valence-electron chi connectivity index (χ1n) is 9.78. The third-order valence-corrected chi connectivity index (χ3v) is 4.80. The van der Waals surface area contributed by atoms with E-state index in [9.17, 15) is 4.79 Å². The Kier molecular flexibility index (Phi) is 5.89. The van der Waals surface area contributed by atoms with E-state index >= 15 is 0 Å². The lowest BCUT2D eigenvalue weighted by molar-refractivity contribution is 0.305. The molecular formula is C23H25N5O2. The molecule has 0 amide bonds. The number of ether oxygens (including phenoxy) is 1. The van der Waals surface area contributed by atoms with Gasteiger partial charge in [-0.05, 0) is 29.8 Å². The van der Waals surface area contributed by atoms with Gasteiger partial charge in [0, 0.05) is 43.4 Å². The van der Waals surface area contributed by atoms with Crippen molar-refractivity contribution in [3.8, 4) is 11.4 Å². The fourth-order valence-electron chi connectivity index (χ4n) is 3.23. The molecule has 3 N–H and O–H groups in total. The zero-order chi connectivity index (χ0) is 20.8. The maximum absolute atomic E-state index is 12.6. The first kappa shape index (κ1) is 19.4. The van der Waals surface area contributed by atoms with E-state index in [1.54, 1.807) is 12.3 Å². The maximum atomic E-state index is 12.6. The number of aromatic nitrogens is 1. The van der Waals surface area contributed by atoms with Gasteiger partial charge in [0.05, 0.1) is 13.1 Å². The van der Waals surface area contributed by atoms with Crippen molar-refractivity contribution in [1.29, 1.82) is 5.41 Å². The monoisotopic (exact) mass is 403 g/mol. The highest BCUT2D eigenvalue weighted by Crippen LogP contribution is 2.19. The first-order valence-corrected chi connectivity index (χ1v) is 9.78. The summed E-state index contributed by atoms with van der Waals surface area (Å²) in [6.07, 6.45) is 2.97. The van der Waals surface area contributed by atoms with E-state index in [4.69, 9.17) is 10.1 Å². The van der Waals surface area contributed by atoms with Gasteiger partial charge in [0.25, 0.3) is 5.56 Å². The van der Waals surface area contributed by atoms with Crippen molar-refractivity contribution in [2.45, 2.75) is 6.61 Å². The van der Waals surface area contributed by atoms with Gasteiger partial charge >= 0.3 is 0 Å². The van der Waals surface area contributed by atoms with E-state index in [0.29, 0.717) is 30.2 Å². The summed E-state index contributed by atoms with van der Waals surface area (Å²) in [6, 6.07) is 18.6. The third kappa shape index (κ3) is 4.57. The number of nitrogens with zero attached hydrogens (tertiary/aromatic N) is 2. The molecule has 1 aliphatic rings. The van der Waals surface area contributed by atoms with Gasteiger partial charge in [-0.2, -0.15) is 0 Å².